The third-order valence-electron chi connectivity index (χ3n) is 4.34. The Hall–Kier alpha value is -2.14. The van der Waals surface area contributed by atoms with Gasteiger partial charge in [0.25, 0.3) is 0 Å². The summed E-state index contributed by atoms with van der Waals surface area (Å²) in [4.78, 5) is 18.7. The number of rotatable bonds is 6. The van der Waals surface area contributed by atoms with Crippen LogP contribution in [0, 0.1) is 12.7 Å². The molecule has 1 aliphatic rings. The van der Waals surface area contributed by atoms with Crippen molar-refractivity contribution in [1.82, 2.24) is 15.4 Å². The van der Waals surface area contributed by atoms with Crippen LogP contribution in [0.4, 0.5) is 10.3 Å². The van der Waals surface area contributed by atoms with Gasteiger partial charge >= 0.3 is 0 Å². The number of hydrogen-bond acceptors (Lipinski definition) is 8. The predicted octanol–water partition coefficient (Wildman–Crippen LogP) is 1.58. The topological polar surface area (TPSA) is 126 Å². The number of aryl methyl sites for hydroxylation is 1. The lowest BCUT2D eigenvalue weighted by atomic mass is 9.95. The van der Waals surface area contributed by atoms with E-state index in [1.807, 2.05) is 0 Å². The lowest BCUT2D eigenvalue weighted by Gasteiger charge is -2.25. The Kier molecular flexibility index (Phi) is 6.55. The highest BCUT2D eigenvalue weighted by atomic mass is 79.9. The van der Waals surface area contributed by atoms with Gasteiger partial charge in [-0.05, 0) is 24.6 Å². The monoisotopic (exact) mass is 453 g/mol. The molecule has 1 aromatic heterocycles. The van der Waals surface area contributed by atoms with Crippen LogP contribution in [0.5, 0.6) is 0 Å². The maximum atomic E-state index is 13.5. The normalized spacial score (nSPS) is 17.0. The van der Waals surface area contributed by atoms with Crippen LogP contribution in [0.25, 0.3) is 0 Å². The summed E-state index contributed by atoms with van der Waals surface area (Å²) in [7, 11) is 0. The summed E-state index contributed by atoms with van der Waals surface area (Å²) < 4.78 is 14.1. The number of nitrogens with zero attached hydrogens (tertiary/aromatic N) is 3. The summed E-state index contributed by atoms with van der Waals surface area (Å²) in [6.45, 7) is 1.63. The Balaban J connectivity index is 1.89. The molecule has 28 heavy (non-hydrogen) atoms. The zero-order valence-electron chi connectivity index (χ0n) is 15.2. The Morgan fingerprint density at radius 1 is 1.43 bits per heavy atom. The number of hydrogen-bond donors (Lipinski definition) is 4. The summed E-state index contributed by atoms with van der Waals surface area (Å²) in [6.07, 6.45) is -0.120. The Morgan fingerprint density at radius 2 is 2.21 bits per heavy atom. The van der Waals surface area contributed by atoms with Gasteiger partial charge in [-0.15, -0.1) is 0 Å². The summed E-state index contributed by atoms with van der Waals surface area (Å²) in [6, 6.07) is 4.11. The maximum absolute atomic E-state index is 13.5. The highest BCUT2D eigenvalue weighted by Crippen LogP contribution is 2.34. The lowest BCUT2D eigenvalue weighted by molar-refractivity contribution is 0.0287. The molecule has 8 nitrogen and oxygen atoms in total. The molecule has 0 amide bonds. The van der Waals surface area contributed by atoms with Crippen LogP contribution in [-0.2, 0) is 11.3 Å². The first-order chi connectivity index (χ1) is 13.4. The number of aliphatic hydroxyl groups is 2. The number of anilines is 1. The molecule has 1 aromatic carbocycles. The molecular formula is C18H21BrFN5O3. The standard InChI is InChI=1S/C18H21BrFN5O3/c1-9-16-15(24-18(21)22-9)7-14(12-3-2-10(20)6-13(12)19)23-17(16)25-28-5-4-11(27)8-26/h2-3,6,11,14,26-27H,4-5,7-8H2,1H3,(H,23,25)(H2,21,22,24)/t11-,14+/m0/s1. The summed E-state index contributed by atoms with van der Waals surface area (Å²) in [5.74, 6) is 0.252. The van der Waals surface area contributed by atoms with Crippen molar-refractivity contribution in [3.05, 3.63) is 51.0 Å². The molecule has 0 unspecified atom stereocenters. The number of benzene rings is 1. The van der Waals surface area contributed by atoms with Gasteiger partial charge in [0.2, 0.25) is 5.95 Å². The van der Waals surface area contributed by atoms with E-state index in [2.05, 4.69) is 31.4 Å². The average molecular weight is 454 g/mol. The van der Waals surface area contributed by atoms with Crippen molar-refractivity contribution in [3.63, 3.8) is 0 Å². The van der Waals surface area contributed by atoms with Crippen LogP contribution in [0.3, 0.4) is 0 Å². The number of nitrogen functional groups attached to an aromatic ring is 1. The molecule has 2 aromatic rings. The van der Waals surface area contributed by atoms with E-state index in [0.29, 0.717) is 33.7 Å². The zero-order chi connectivity index (χ0) is 20.3. The van der Waals surface area contributed by atoms with Crippen LogP contribution >= 0.6 is 15.9 Å². The van der Waals surface area contributed by atoms with Crippen molar-refractivity contribution in [2.24, 2.45) is 4.99 Å². The Labute approximate surface area is 169 Å². The van der Waals surface area contributed by atoms with Crippen LogP contribution in [0.2, 0.25) is 0 Å². The van der Waals surface area contributed by atoms with Gasteiger partial charge in [-0.1, -0.05) is 22.0 Å². The van der Waals surface area contributed by atoms with Crippen molar-refractivity contribution in [2.75, 3.05) is 18.9 Å². The van der Waals surface area contributed by atoms with Crippen LogP contribution < -0.4 is 11.2 Å². The molecule has 0 saturated heterocycles. The first kappa shape index (κ1) is 20.6. The van der Waals surface area contributed by atoms with Crippen molar-refractivity contribution in [3.8, 4) is 0 Å². The van der Waals surface area contributed by atoms with E-state index in [1.54, 1.807) is 13.0 Å². The molecule has 2 atom stereocenters. The molecule has 0 aliphatic carbocycles. The van der Waals surface area contributed by atoms with Gasteiger partial charge in [-0.2, -0.15) is 0 Å². The molecule has 150 valence electrons. The minimum absolute atomic E-state index is 0.163. The molecule has 10 heteroatoms. The SMILES string of the molecule is Cc1nc(N)nc2c1C(NOCC[C@H](O)CO)=N[C@@H](c1ccc(F)cc1Br)C2. The van der Waals surface area contributed by atoms with Crippen molar-refractivity contribution in [2.45, 2.75) is 31.9 Å². The number of halogens is 2. The Morgan fingerprint density at radius 3 is 2.93 bits per heavy atom. The first-order valence-corrected chi connectivity index (χ1v) is 9.51. The van der Waals surface area contributed by atoms with Crippen molar-refractivity contribution >= 4 is 27.7 Å². The number of hydroxylamine groups is 1. The van der Waals surface area contributed by atoms with E-state index >= 15 is 0 Å². The summed E-state index contributed by atoms with van der Waals surface area (Å²) in [5.41, 5.74) is 11.5. The second-order valence-corrected chi connectivity index (χ2v) is 7.28. The second kappa shape index (κ2) is 8.91. The highest BCUT2D eigenvalue weighted by Gasteiger charge is 2.27. The van der Waals surface area contributed by atoms with Gasteiger partial charge < -0.3 is 15.9 Å². The fraction of sp³-hybridized carbons (Fsp3) is 0.389. The number of nitrogens with one attached hydrogen (secondary N) is 1. The molecule has 0 fully saturated rings. The highest BCUT2D eigenvalue weighted by molar-refractivity contribution is 9.10. The number of nitrogens with two attached hydrogens (primary N) is 1. The molecule has 0 radical (unpaired) electrons. The average Bonchev–Trinajstić information content (AvgIpc) is 2.64. The van der Waals surface area contributed by atoms with Crippen LogP contribution in [0.1, 0.15) is 35.0 Å². The quantitative estimate of drug-likeness (QED) is 0.386. The summed E-state index contributed by atoms with van der Waals surface area (Å²) >= 11 is 3.39. The number of amidine groups is 1. The predicted molar refractivity (Wildman–Crippen MR) is 105 cm³/mol. The number of fused-ring (bicyclic) bond motifs is 1. The number of aliphatic imine (C=N–C) groups is 1. The van der Waals surface area contributed by atoms with E-state index in [-0.39, 0.29) is 37.4 Å². The lowest BCUT2D eigenvalue weighted by Crippen LogP contribution is -2.33. The van der Waals surface area contributed by atoms with E-state index < -0.39 is 6.10 Å². The molecular weight excluding hydrogens is 433 g/mol. The van der Waals surface area contributed by atoms with Crippen molar-refractivity contribution < 1.29 is 19.4 Å². The minimum Gasteiger partial charge on any atom is -0.394 e. The fourth-order valence-electron chi connectivity index (χ4n) is 2.99. The molecule has 3 rings (SSSR count). The third kappa shape index (κ3) is 4.64. The van der Waals surface area contributed by atoms with Crippen LogP contribution in [-0.4, -0.2) is 45.3 Å². The molecule has 5 N–H and O–H groups in total. The molecule has 1 aliphatic heterocycles. The molecule has 2 heterocycles. The van der Waals surface area contributed by atoms with E-state index in [1.165, 1.54) is 12.1 Å². The van der Waals surface area contributed by atoms with Gasteiger partial charge in [0.05, 0.1) is 42.3 Å². The third-order valence-corrected chi connectivity index (χ3v) is 5.03. The van der Waals surface area contributed by atoms with Gasteiger partial charge in [-0.25, -0.2) is 19.8 Å². The smallest absolute Gasteiger partial charge is 0.220 e. The largest absolute Gasteiger partial charge is 0.394 e. The number of aliphatic hydroxyl groups excluding tert-OH is 2. The van der Waals surface area contributed by atoms with Crippen LogP contribution in [0.15, 0.2) is 27.7 Å². The van der Waals surface area contributed by atoms with E-state index in [4.69, 9.17) is 20.7 Å². The first-order valence-electron chi connectivity index (χ1n) is 8.72. The number of aromatic nitrogens is 2. The van der Waals surface area contributed by atoms with Gasteiger partial charge in [0, 0.05) is 17.3 Å². The summed E-state index contributed by atoms with van der Waals surface area (Å²) in [5, 5.41) is 18.3. The Bertz CT molecular complexity index is 896. The van der Waals surface area contributed by atoms with Crippen molar-refractivity contribution in [1.29, 1.82) is 0 Å². The maximum Gasteiger partial charge on any atom is 0.220 e. The molecule has 0 bridgehead atoms. The van der Waals surface area contributed by atoms with E-state index in [0.717, 1.165) is 5.56 Å². The molecule has 0 spiro atoms. The minimum atomic E-state index is -0.852. The fourth-order valence-corrected chi connectivity index (χ4v) is 3.61. The van der Waals surface area contributed by atoms with Gasteiger partial charge in [0.1, 0.15) is 5.82 Å². The van der Waals surface area contributed by atoms with Gasteiger partial charge in [-0.3, -0.25) is 9.83 Å². The molecule has 0 saturated carbocycles. The zero-order valence-corrected chi connectivity index (χ0v) is 16.8. The van der Waals surface area contributed by atoms with E-state index in [9.17, 15) is 9.50 Å². The van der Waals surface area contributed by atoms with Gasteiger partial charge in [0.15, 0.2) is 5.84 Å². The second-order valence-electron chi connectivity index (χ2n) is 6.43.